The topological polar surface area (TPSA) is 98.6 Å². The van der Waals surface area contributed by atoms with Crippen LogP contribution < -0.4 is 10.5 Å². The Hall–Kier alpha value is -3.89. The van der Waals surface area contributed by atoms with E-state index in [1.165, 1.54) is 12.3 Å². The van der Waals surface area contributed by atoms with E-state index in [4.69, 9.17) is 10.5 Å². The lowest BCUT2D eigenvalue weighted by atomic mass is 9.90. The van der Waals surface area contributed by atoms with Crippen molar-refractivity contribution in [2.45, 2.75) is 44.1 Å². The Morgan fingerprint density at radius 1 is 1.18 bits per heavy atom. The molecule has 0 aliphatic carbocycles. The molecule has 1 unspecified atom stereocenters. The van der Waals surface area contributed by atoms with Crippen molar-refractivity contribution >= 4 is 28.3 Å². The molecular formula is C23H19F3N6O2. The molecule has 174 valence electrons. The normalized spacial score (nSPS) is 22.0. The maximum atomic E-state index is 13.7. The molecule has 5 heterocycles. The predicted octanol–water partition coefficient (Wildman–Crippen LogP) is 4.01. The molecule has 11 heteroatoms. The molecule has 2 N–H and O–H groups in total. The largest absolute Gasteiger partial charge is 0.488 e. The van der Waals surface area contributed by atoms with Crippen LogP contribution in [0.5, 0.6) is 5.75 Å². The molecule has 4 aromatic rings. The molecule has 34 heavy (non-hydrogen) atoms. The summed E-state index contributed by atoms with van der Waals surface area (Å²) in [7, 11) is 0. The van der Waals surface area contributed by atoms with Crippen LogP contribution in [0, 0.1) is 0 Å². The summed E-state index contributed by atoms with van der Waals surface area (Å²) in [6, 6.07) is 4.45. The molecule has 6 rings (SSSR count). The average molecular weight is 468 g/mol. The number of benzene rings is 1. The summed E-state index contributed by atoms with van der Waals surface area (Å²) >= 11 is 0. The predicted molar refractivity (Wildman–Crippen MR) is 116 cm³/mol. The van der Waals surface area contributed by atoms with E-state index >= 15 is 0 Å². The number of alkyl halides is 3. The molecule has 0 radical (unpaired) electrons. The Morgan fingerprint density at radius 3 is 2.79 bits per heavy atom. The van der Waals surface area contributed by atoms with Crippen LogP contribution in [0.1, 0.15) is 47.4 Å². The lowest BCUT2D eigenvalue weighted by Gasteiger charge is -2.41. The highest BCUT2D eigenvalue weighted by Crippen LogP contribution is 2.48. The number of fused-ring (bicyclic) bond motifs is 6. The van der Waals surface area contributed by atoms with Gasteiger partial charge in [0.15, 0.2) is 0 Å². The van der Waals surface area contributed by atoms with E-state index < -0.39 is 23.9 Å². The van der Waals surface area contributed by atoms with E-state index in [1.807, 2.05) is 6.92 Å². The van der Waals surface area contributed by atoms with E-state index in [-0.39, 0.29) is 23.4 Å². The molecular weight excluding hydrogens is 449 g/mol. The highest BCUT2D eigenvalue weighted by molar-refractivity contribution is 5.96. The second-order valence-corrected chi connectivity index (χ2v) is 8.69. The third kappa shape index (κ3) is 2.99. The van der Waals surface area contributed by atoms with Gasteiger partial charge in [0.05, 0.1) is 35.8 Å². The van der Waals surface area contributed by atoms with Gasteiger partial charge in [-0.2, -0.15) is 13.2 Å². The van der Waals surface area contributed by atoms with Gasteiger partial charge >= 0.3 is 6.18 Å². The molecule has 1 fully saturated rings. The highest BCUT2D eigenvalue weighted by Gasteiger charge is 2.47. The molecule has 1 amide bonds. The molecule has 8 nitrogen and oxygen atoms in total. The van der Waals surface area contributed by atoms with Gasteiger partial charge in [-0.1, -0.05) is 6.07 Å². The summed E-state index contributed by atoms with van der Waals surface area (Å²) < 4.78 is 47.3. The van der Waals surface area contributed by atoms with Crippen molar-refractivity contribution in [1.82, 2.24) is 24.3 Å². The number of imidazole rings is 1. The number of carbonyl (C=O) groups is 1. The van der Waals surface area contributed by atoms with Gasteiger partial charge in [0, 0.05) is 11.6 Å². The number of anilines is 1. The second-order valence-electron chi connectivity index (χ2n) is 8.69. The first kappa shape index (κ1) is 20.7. The Bertz CT molecular complexity index is 1470. The van der Waals surface area contributed by atoms with Gasteiger partial charge in [-0.05, 0) is 38.0 Å². The standard InChI is InChI=1S/C23H19F3N6O2/c1-11-2-5-18-20(13-4-3-12(23(24,25)26)6-19(13)34-18)32(11)22(33)14-7-16-15(8-29-14)30-21(27)17-9-28-10-31(16)17/h3-4,6-11,18,20H,2,5H2,1H3,(H2,27,30)/t11-,18?,20+/m1/s1. The molecule has 1 saturated heterocycles. The fourth-order valence-corrected chi connectivity index (χ4v) is 5.01. The van der Waals surface area contributed by atoms with Crippen LogP contribution in [-0.2, 0) is 6.18 Å². The molecule has 0 saturated carbocycles. The number of ether oxygens (including phenoxy) is 1. The van der Waals surface area contributed by atoms with E-state index in [9.17, 15) is 18.0 Å². The molecule has 2 aliphatic heterocycles. The van der Waals surface area contributed by atoms with Crippen molar-refractivity contribution in [2.24, 2.45) is 0 Å². The van der Waals surface area contributed by atoms with Gasteiger partial charge < -0.3 is 15.4 Å². The maximum Gasteiger partial charge on any atom is 0.416 e. The number of likely N-dealkylation sites (tertiary alicyclic amines) is 1. The zero-order valence-electron chi connectivity index (χ0n) is 18.0. The minimum absolute atomic E-state index is 0.152. The summed E-state index contributed by atoms with van der Waals surface area (Å²) in [6.45, 7) is 1.92. The van der Waals surface area contributed by atoms with Gasteiger partial charge in [-0.15, -0.1) is 0 Å². The summed E-state index contributed by atoms with van der Waals surface area (Å²) in [5, 5.41) is 0. The SMILES string of the molecule is C[C@@H]1CCC2Oc3cc(C(F)(F)F)ccc3[C@@H]2N1C(=O)c1cc2c(cn1)nc(N)c1cncn12. The minimum atomic E-state index is -4.47. The van der Waals surface area contributed by atoms with Crippen LogP contribution in [0.25, 0.3) is 16.6 Å². The van der Waals surface area contributed by atoms with Crippen molar-refractivity contribution in [3.63, 3.8) is 0 Å². The van der Waals surface area contributed by atoms with Crippen LogP contribution in [0.4, 0.5) is 19.0 Å². The van der Waals surface area contributed by atoms with E-state index in [1.54, 1.807) is 27.9 Å². The zero-order valence-corrected chi connectivity index (χ0v) is 18.0. The Kier molecular flexibility index (Phi) is 4.29. The minimum Gasteiger partial charge on any atom is -0.488 e. The van der Waals surface area contributed by atoms with Crippen LogP contribution >= 0.6 is 0 Å². The van der Waals surface area contributed by atoms with Gasteiger partial charge in [-0.3, -0.25) is 9.20 Å². The molecule has 0 spiro atoms. The number of nitrogens with zero attached hydrogens (tertiary/aromatic N) is 5. The quantitative estimate of drug-likeness (QED) is 0.453. The fraction of sp³-hybridized carbons (Fsp3) is 0.304. The number of hydrogen-bond acceptors (Lipinski definition) is 6. The molecule has 0 bridgehead atoms. The van der Waals surface area contributed by atoms with Crippen molar-refractivity contribution in [3.05, 3.63) is 59.8 Å². The third-order valence-corrected chi connectivity index (χ3v) is 6.65. The number of nitrogen functional groups attached to an aromatic ring is 1. The summed E-state index contributed by atoms with van der Waals surface area (Å²) in [6.07, 6.45) is 1.06. The first-order chi connectivity index (χ1) is 16.2. The fourth-order valence-electron chi connectivity index (χ4n) is 5.01. The van der Waals surface area contributed by atoms with Gasteiger partial charge in [-0.25, -0.2) is 15.0 Å². The second kappa shape index (κ2) is 7.05. The average Bonchev–Trinajstić information content (AvgIpc) is 3.43. The summed E-state index contributed by atoms with van der Waals surface area (Å²) in [5.41, 5.74) is 7.73. The monoisotopic (exact) mass is 468 g/mol. The van der Waals surface area contributed by atoms with Crippen molar-refractivity contribution in [3.8, 4) is 5.75 Å². The number of hydrogen-bond donors (Lipinski definition) is 1. The highest BCUT2D eigenvalue weighted by atomic mass is 19.4. The molecule has 1 aromatic carbocycles. The van der Waals surface area contributed by atoms with Crippen LogP contribution in [-0.4, -0.2) is 42.3 Å². The van der Waals surface area contributed by atoms with Crippen molar-refractivity contribution in [1.29, 1.82) is 0 Å². The lowest BCUT2D eigenvalue weighted by Crippen LogP contribution is -2.49. The van der Waals surface area contributed by atoms with Crippen LogP contribution in [0.15, 0.2) is 43.0 Å². The maximum absolute atomic E-state index is 13.7. The van der Waals surface area contributed by atoms with Crippen molar-refractivity contribution in [2.75, 3.05) is 5.73 Å². The number of amides is 1. The molecule has 3 atom stereocenters. The first-order valence-corrected chi connectivity index (χ1v) is 10.8. The third-order valence-electron chi connectivity index (χ3n) is 6.65. The van der Waals surface area contributed by atoms with E-state index in [2.05, 4.69) is 15.0 Å². The number of nitrogens with two attached hydrogens (primary N) is 1. The van der Waals surface area contributed by atoms with Crippen LogP contribution in [0.2, 0.25) is 0 Å². The number of aromatic nitrogens is 4. The smallest absolute Gasteiger partial charge is 0.416 e. The summed E-state index contributed by atoms with van der Waals surface area (Å²) in [4.78, 5) is 28.2. The lowest BCUT2D eigenvalue weighted by molar-refractivity contribution is -0.137. The number of pyridine rings is 1. The van der Waals surface area contributed by atoms with Gasteiger partial charge in [0.1, 0.15) is 34.4 Å². The zero-order chi connectivity index (χ0) is 23.8. The van der Waals surface area contributed by atoms with Crippen molar-refractivity contribution < 1.29 is 22.7 Å². The Morgan fingerprint density at radius 2 is 2.00 bits per heavy atom. The van der Waals surface area contributed by atoms with Gasteiger partial charge in [0.25, 0.3) is 5.91 Å². The van der Waals surface area contributed by atoms with Crippen LogP contribution in [0.3, 0.4) is 0 Å². The Labute approximate surface area is 191 Å². The number of piperidine rings is 1. The van der Waals surface area contributed by atoms with E-state index in [0.717, 1.165) is 12.1 Å². The van der Waals surface area contributed by atoms with E-state index in [0.29, 0.717) is 40.8 Å². The number of rotatable bonds is 1. The number of carbonyl (C=O) groups excluding carboxylic acids is 1. The van der Waals surface area contributed by atoms with Gasteiger partial charge in [0.2, 0.25) is 0 Å². The Balaban J connectivity index is 1.42. The molecule has 3 aromatic heterocycles. The summed E-state index contributed by atoms with van der Waals surface area (Å²) in [5.74, 6) is 0.143. The molecule has 2 aliphatic rings. The number of halogens is 3. The first-order valence-electron chi connectivity index (χ1n) is 10.8.